The van der Waals surface area contributed by atoms with Gasteiger partial charge in [-0.05, 0) is 49.9 Å². The van der Waals surface area contributed by atoms with Crippen molar-refractivity contribution >= 4 is 24.9 Å². The number of aryl methyl sites for hydroxylation is 2. The van der Waals surface area contributed by atoms with Crippen LogP contribution >= 0.6 is 0 Å². The van der Waals surface area contributed by atoms with Crippen LogP contribution in [0.25, 0.3) is 10.9 Å². The topological polar surface area (TPSA) is 44.9 Å². The Labute approximate surface area is 146 Å². The number of aromatic nitrogens is 1. The van der Waals surface area contributed by atoms with E-state index in [0.29, 0.717) is 11.7 Å². The van der Waals surface area contributed by atoms with Gasteiger partial charge in [0.15, 0.2) is 0 Å². The summed E-state index contributed by atoms with van der Waals surface area (Å²) in [7, 11) is -0.959. The molecule has 0 unspecified atom stereocenters. The summed E-state index contributed by atoms with van der Waals surface area (Å²) in [6.07, 6.45) is 4.77. The van der Waals surface area contributed by atoms with Crippen molar-refractivity contribution in [2.45, 2.75) is 70.8 Å². The van der Waals surface area contributed by atoms with Gasteiger partial charge in [-0.3, -0.25) is 4.79 Å². The molecule has 2 aromatic rings. The zero-order valence-electron chi connectivity index (χ0n) is 15.5. The smallest absolute Gasteiger partial charge is 0.267 e. The van der Waals surface area contributed by atoms with Crippen LogP contribution in [0.5, 0.6) is 0 Å². The molecule has 0 saturated carbocycles. The first-order valence-corrected chi connectivity index (χ1v) is 12.7. The Morgan fingerprint density at radius 3 is 2.46 bits per heavy atom. The molecule has 1 amide bonds. The van der Waals surface area contributed by atoms with E-state index in [9.17, 15) is 4.79 Å². The van der Waals surface area contributed by atoms with Crippen LogP contribution in [0, 0.1) is 13.8 Å². The SMILES string of the molecule is Cc1cc(C)c2cc(C(=O)NC3CCC[Si](C)(C)CCC3)[nH]c2c1. The van der Waals surface area contributed by atoms with Gasteiger partial charge in [0, 0.05) is 25.0 Å². The molecular weight excluding hydrogens is 312 g/mol. The van der Waals surface area contributed by atoms with Gasteiger partial charge in [0.25, 0.3) is 5.91 Å². The number of hydrogen-bond acceptors (Lipinski definition) is 1. The molecule has 3 rings (SSSR count). The Bertz CT molecular complexity index is 735. The lowest BCUT2D eigenvalue weighted by molar-refractivity contribution is 0.0928. The first kappa shape index (κ1) is 17.3. The molecule has 1 fully saturated rings. The molecule has 24 heavy (non-hydrogen) atoms. The van der Waals surface area contributed by atoms with Gasteiger partial charge in [0.2, 0.25) is 0 Å². The quantitative estimate of drug-likeness (QED) is 0.727. The van der Waals surface area contributed by atoms with E-state index in [0.717, 1.165) is 23.7 Å². The molecule has 130 valence electrons. The number of rotatable bonds is 2. The lowest BCUT2D eigenvalue weighted by Crippen LogP contribution is -2.37. The van der Waals surface area contributed by atoms with Gasteiger partial charge in [-0.2, -0.15) is 0 Å². The largest absolute Gasteiger partial charge is 0.351 e. The normalized spacial score (nSPS) is 19.0. The minimum atomic E-state index is -0.959. The van der Waals surface area contributed by atoms with Crippen molar-refractivity contribution in [2.75, 3.05) is 0 Å². The van der Waals surface area contributed by atoms with E-state index in [1.165, 1.54) is 36.1 Å². The number of nitrogens with one attached hydrogen (secondary N) is 2. The van der Waals surface area contributed by atoms with Gasteiger partial charge in [-0.1, -0.05) is 44.1 Å². The summed E-state index contributed by atoms with van der Waals surface area (Å²) in [6.45, 7) is 9.19. The monoisotopic (exact) mass is 342 g/mol. The fraction of sp³-hybridized carbons (Fsp3) is 0.550. The number of fused-ring (bicyclic) bond motifs is 1. The molecule has 1 aliphatic rings. The Morgan fingerprint density at radius 2 is 1.79 bits per heavy atom. The molecule has 1 aliphatic heterocycles. The molecule has 1 saturated heterocycles. The second kappa shape index (κ2) is 6.75. The highest BCUT2D eigenvalue weighted by Gasteiger charge is 2.25. The van der Waals surface area contributed by atoms with Crippen molar-refractivity contribution in [3.05, 3.63) is 35.0 Å². The molecule has 0 atom stereocenters. The van der Waals surface area contributed by atoms with E-state index >= 15 is 0 Å². The number of amides is 1. The van der Waals surface area contributed by atoms with Gasteiger partial charge >= 0.3 is 0 Å². The molecule has 1 aromatic carbocycles. The van der Waals surface area contributed by atoms with Crippen LogP contribution in [-0.2, 0) is 0 Å². The molecule has 0 radical (unpaired) electrons. The fourth-order valence-electron chi connectivity index (χ4n) is 4.05. The number of aromatic amines is 1. The third-order valence-corrected chi connectivity index (χ3v) is 8.90. The number of benzene rings is 1. The summed E-state index contributed by atoms with van der Waals surface area (Å²) in [4.78, 5) is 16.0. The zero-order valence-corrected chi connectivity index (χ0v) is 16.5. The van der Waals surface area contributed by atoms with Crippen molar-refractivity contribution < 1.29 is 4.79 Å². The van der Waals surface area contributed by atoms with Gasteiger partial charge in [-0.25, -0.2) is 0 Å². The highest BCUT2D eigenvalue weighted by Crippen LogP contribution is 2.27. The van der Waals surface area contributed by atoms with Crippen molar-refractivity contribution in [3.63, 3.8) is 0 Å². The Kier molecular flexibility index (Phi) is 4.86. The Morgan fingerprint density at radius 1 is 1.12 bits per heavy atom. The van der Waals surface area contributed by atoms with Gasteiger partial charge < -0.3 is 10.3 Å². The fourth-order valence-corrected chi connectivity index (χ4v) is 6.62. The third kappa shape index (κ3) is 3.91. The molecular formula is C20H30N2OSi. The van der Waals surface area contributed by atoms with Crippen LogP contribution in [0.1, 0.15) is 47.3 Å². The standard InChI is InChI=1S/C20H30N2OSi/c1-14-11-15(2)17-13-19(22-18(17)12-14)20(23)21-16-7-5-9-24(3,4)10-6-8-16/h11-13,16,22H,5-10H2,1-4H3,(H,21,23). The molecule has 0 spiro atoms. The van der Waals surface area contributed by atoms with E-state index in [1.807, 2.05) is 6.07 Å². The minimum absolute atomic E-state index is 0.0466. The average Bonchev–Trinajstić information content (AvgIpc) is 2.89. The molecule has 0 aliphatic carbocycles. The summed E-state index contributed by atoms with van der Waals surface area (Å²) >= 11 is 0. The van der Waals surface area contributed by atoms with Crippen LogP contribution in [-0.4, -0.2) is 25.0 Å². The van der Waals surface area contributed by atoms with E-state index in [4.69, 9.17) is 0 Å². The average molecular weight is 343 g/mol. The summed E-state index contributed by atoms with van der Waals surface area (Å²) < 4.78 is 0. The highest BCUT2D eigenvalue weighted by atomic mass is 28.3. The van der Waals surface area contributed by atoms with Crippen molar-refractivity contribution in [3.8, 4) is 0 Å². The molecule has 2 N–H and O–H groups in total. The minimum Gasteiger partial charge on any atom is -0.351 e. The summed E-state index contributed by atoms with van der Waals surface area (Å²) in [5.41, 5.74) is 4.19. The van der Waals surface area contributed by atoms with Crippen LogP contribution in [0.3, 0.4) is 0 Å². The van der Waals surface area contributed by atoms with E-state index in [-0.39, 0.29) is 5.91 Å². The van der Waals surface area contributed by atoms with Crippen LogP contribution < -0.4 is 5.32 Å². The maximum atomic E-state index is 12.7. The summed E-state index contributed by atoms with van der Waals surface area (Å²) in [5.74, 6) is 0.0466. The molecule has 1 aromatic heterocycles. The molecule has 0 bridgehead atoms. The highest BCUT2D eigenvalue weighted by molar-refractivity contribution is 6.77. The van der Waals surface area contributed by atoms with Crippen LogP contribution in [0.15, 0.2) is 18.2 Å². The van der Waals surface area contributed by atoms with Crippen LogP contribution in [0.4, 0.5) is 0 Å². The predicted molar refractivity (Wildman–Crippen MR) is 105 cm³/mol. The third-order valence-electron chi connectivity index (χ3n) is 5.48. The first-order valence-electron chi connectivity index (χ1n) is 9.25. The Hall–Kier alpha value is -1.55. The number of hydrogen-bond donors (Lipinski definition) is 2. The lowest BCUT2D eigenvalue weighted by atomic mass is 10.1. The maximum absolute atomic E-state index is 12.7. The summed E-state index contributed by atoms with van der Waals surface area (Å²) in [5, 5.41) is 4.42. The van der Waals surface area contributed by atoms with Crippen molar-refractivity contribution in [2.24, 2.45) is 0 Å². The van der Waals surface area contributed by atoms with Crippen molar-refractivity contribution in [1.29, 1.82) is 0 Å². The van der Waals surface area contributed by atoms with Crippen molar-refractivity contribution in [1.82, 2.24) is 10.3 Å². The first-order chi connectivity index (χ1) is 11.3. The second-order valence-electron chi connectivity index (χ2n) is 8.35. The number of carbonyl (C=O) groups excluding carboxylic acids is 1. The zero-order chi connectivity index (χ0) is 17.3. The van der Waals surface area contributed by atoms with Crippen LogP contribution in [0.2, 0.25) is 25.2 Å². The lowest BCUT2D eigenvalue weighted by Gasteiger charge is -2.28. The molecule has 2 heterocycles. The second-order valence-corrected chi connectivity index (χ2v) is 13.7. The van der Waals surface area contributed by atoms with E-state index < -0.39 is 8.07 Å². The van der Waals surface area contributed by atoms with Gasteiger partial charge in [-0.15, -0.1) is 0 Å². The van der Waals surface area contributed by atoms with Gasteiger partial charge in [0.05, 0.1) is 0 Å². The van der Waals surface area contributed by atoms with E-state index in [2.05, 4.69) is 49.4 Å². The molecule has 3 nitrogen and oxygen atoms in total. The maximum Gasteiger partial charge on any atom is 0.267 e. The summed E-state index contributed by atoms with van der Waals surface area (Å²) in [6, 6.07) is 9.39. The number of carbonyl (C=O) groups is 1. The molecule has 4 heteroatoms. The van der Waals surface area contributed by atoms with Gasteiger partial charge in [0.1, 0.15) is 5.69 Å². The van der Waals surface area contributed by atoms with E-state index in [1.54, 1.807) is 0 Å². The number of H-pyrrole nitrogens is 1. The Balaban J connectivity index is 1.70. The predicted octanol–water partition coefficient (Wildman–Crippen LogP) is 5.17.